The van der Waals surface area contributed by atoms with Crippen LogP contribution < -0.4 is 5.32 Å². The van der Waals surface area contributed by atoms with E-state index in [1.54, 1.807) is 0 Å². The van der Waals surface area contributed by atoms with Crippen LogP contribution in [0.5, 0.6) is 0 Å². The van der Waals surface area contributed by atoms with E-state index in [0.717, 1.165) is 24.9 Å². The van der Waals surface area contributed by atoms with Crippen molar-refractivity contribution < 1.29 is 0 Å². The van der Waals surface area contributed by atoms with E-state index < -0.39 is 0 Å². The Morgan fingerprint density at radius 3 is 2.65 bits per heavy atom. The van der Waals surface area contributed by atoms with Crippen LogP contribution in [0.25, 0.3) is 0 Å². The zero-order valence-corrected chi connectivity index (χ0v) is 12.7. The molecule has 0 bridgehead atoms. The summed E-state index contributed by atoms with van der Waals surface area (Å²) in [7, 11) is 0. The van der Waals surface area contributed by atoms with E-state index in [0.29, 0.717) is 0 Å². The lowest BCUT2D eigenvalue weighted by molar-refractivity contribution is 0.180. The number of rotatable bonds is 4. The van der Waals surface area contributed by atoms with Gasteiger partial charge in [-0.3, -0.25) is 0 Å². The standard InChI is InChI=1S/C16H28N4/c1-2-19-9-5-14(6-10-19)12-20-13-18-11-16(20)15-3-7-17-8-4-15/h11,13-15,17H,2-10,12H2,1H3. The monoisotopic (exact) mass is 276 g/mol. The summed E-state index contributed by atoms with van der Waals surface area (Å²) in [6, 6.07) is 0. The Labute approximate surface area is 122 Å². The molecule has 20 heavy (non-hydrogen) atoms. The molecule has 0 unspecified atom stereocenters. The van der Waals surface area contributed by atoms with Gasteiger partial charge in [-0.15, -0.1) is 0 Å². The van der Waals surface area contributed by atoms with E-state index in [1.807, 2.05) is 0 Å². The molecule has 112 valence electrons. The highest BCUT2D eigenvalue weighted by molar-refractivity contribution is 5.08. The highest BCUT2D eigenvalue weighted by Gasteiger charge is 2.22. The van der Waals surface area contributed by atoms with Crippen molar-refractivity contribution in [2.75, 3.05) is 32.7 Å². The van der Waals surface area contributed by atoms with Gasteiger partial charge in [0.05, 0.1) is 6.33 Å². The normalized spacial score (nSPS) is 23.2. The van der Waals surface area contributed by atoms with Crippen molar-refractivity contribution in [1.29, 1.82) is 0 Å². The Balaban J connectivity index is 1.59. The molecule has 2 fully saturated rings. The molecule has 4 heteroatoms. The number of aromatic nitrogens is 2. The molecule has 3 heterocycles. The Kier molecular flexibility index (Phi) is 4.73. The van der Waals surface area contributed by atoms with Crippen LogP contribution in [0.4, 0.5) is 0 Å². The topological polar surface area (TPSA) is 33.1 Å². The summed E-state index contributed by atoms with van der Waals surface area (Å²) in [4.78, 5) is 6.99. The second-order valence-corrected chi connectivity index (χ2v) is 6.37. The number of imidazole rings is 1. The smallest absolute Gasteiger partial charge is 0.0948 e. The van der Waals surface area contributed by atoms with Crippen LogP contribution in [0.15, 0.2) is 12.5 Å². The van der Waals surface area contributed by atoms with Gasteiger partial charge in [-0.05, 0) is 64.3 Å². The Morgan fingerprint density at radius 2 is 1.95 bits per heavy atom. The van der Waals surface area contributed by atoms with E-state index >= 15 is 0 Å². The third kappa shape index (κ3) is 3.23. The van der Waals surface area contributed by atoms with Gasteiger partial charge in [0.25, 0.3) is 0 Å². The highest BCUT2D eigenvalue weighted by atomic mass is 15.1. The third-order valence-electron chi connectivity index (χ3n) is 5.11. The van der Waals surface area contributed by atoms with Crippen molar-refractivity contribution in [1.82, 2.24) is 19.8 Å². The minimum atomic E-state index is 0.717. The van der Waals surface area contributed by atoms with E-state index in [9.17, 15) is 0 Å². The quantitative estimate of drug-likeness (QED) is 0.914. The van der Waals surface area contributed by atoms with E-state index in [4.69, 9.17) is 0 Å². The van der Waals surface area contributed by atoms with Gasteiger partial charge in [0, 0.05) is 24.4 Å². The van der Waals surface area contributed by atoms with Crippen molar-refractivity contribution in [2.24, 2.45) is 5.92 Å². The molecule has 2 saturated heterocycles. The number of hydrogen-bond donors (Lipinski definition) is 1. The molecule has 2 aliphatic rings. The minimum Gasteiger partial charge on any atom is -0.334 e. The van der Waals surface area contributed by atoms with Crippen LogP contribution in [0.3, 0.4) is 0 Å². The Morgan fingerprint density at radius 1 is 1.20 bits per heavy atom. The molecule has 1 aromatic rings. The van der Waals surface area contributed by atoms with Gasteiger partial charge in [0.15, 0.2) is 0 Å². The maximum absolute atomic E-state index is 4.43. The molecule has 0 aromatic carbocycles. The molecule has 3 rings (SSSR count). The number of nitrogens with one attached hydrogen (secondary N) is 1. The van der Waals surface area contributed by atoms with E-state index in [2.05, 4.69) is 39.2 Å². The molecule has 4 nitrogen and oxygen atoms in total. The second kappa shape index (κ2) is 6.72. The lowest BCUT2D eigenvalue weighted by Gasteiger charge is -2.32. The number of likely N-dealkylation sites (tertiary alicyclic amines) is 1. The van der Waals surface area contributed by atoms with E-state index in [-0.39, 0.29) is 0 Å². The van der Waals surface area contributed by atoms with Crippen LogP contribution in [0.2, 0.25) is 0 Å². The van der Waals surface area contributed by atoms with Crippen LogP contribution in [-0.2, 0) is 6.54 Å². The van der Waals surface area contributed by atoms with Crippen LogP contribution in [-0.4, -0.2) is 47.2 Å². The van der Waals surface area contributed by atoms with Gasteiger partial charge in [-0.1, -0.05) is 6.92 Å². The van der Waals surface area contributed by atoms with Crippen molar-refractivity contribution in [2.45, 2.75) is 45.1 Å². The summed E-state index contributed by atoms with van der Waals surface area (Å²) in [5.74, 6) is 1.56. The summed E-state index contributed by atoms with van der Waals surface area (Å²) in [5, 5.41) is 3.45. The first-order chi connectivity index (χ1) is 9.86. The zero-order valence-electron chi connectivity index (χ0n) is 12.7. The fourth-order valence-corrected chi connectivity index (χ4v) is 3.70. The maximum atomic E-state index is 4.43. The van der Waals surface area contributed by atoms with Crippen LogP contribution in [0.1, 0.15) is 44.2 Å². The SMILES string of the molecule is CCN1CCC(Cn2cncc2C2CCNCC2)CC1. The Hall–Kier alpha value is -0.870. The first-order valence-corrected chi connectivity index (χ1v) is 8.30. The lowest BCUT2D eigenvalue weighted by Crippen LogP contribution is -2.35. The van der Waals surface area contributed by atoms with Crippen molar-refractivity contribution in [3.8, 4) is 0 Å². The molecule has 0 amide bonds. The average Bonchev–Trinajstić information content (AvgIpc) is 2.97. The van der Waals surface area contributed by atoms with Gasteiger partial charge in [-0.2, -0.15) is 0 Å². The molecule has 1 N–H and O–H groups in total. The van der Waals surface area contributed by atoms with Crippen LogP contribution >= 0.6 is 0 Å². The fraction of sp³-hybridized carbons (Fsp3) is 0.812. The summed E-state index contributed by atoms with van der Waals surface area (Å²) in [5.41, 5.74) is 1.48. The molecular formula is C16H28N4. The molecule has 0 radical (unpaired) electrons. The first kappa shape index (κ1) is 14.1. The maximum Gasteiger partial charge on any atom is 0.0948 e. The van der Waals surface area contributed by atoms with Crippen molar-refractivity contribution >= 4 is 0 Å². The molecule has 1 aromatic heterocycles. The first-order valence-electron chi connectivity index (χ1n) is 8.30. The summed E-state index contributed by atoms with van der Waals surface area (Å²) < 4.78 is 2.45. The van der Waals surface area contributed by atoms with Gasteiger partial charge in [0.1, 0.15) is 0 Å². The molecule has 0 saturated carbocycles. The largest absolute Gasteiger partial charge is 0.334 e. The van der Waals surface area contributed by atoms with Gasteiger partial charge >= 0.3 is 0 Å². The van der Waals surface area contributed by atoms with Crippen molar-refractivity contribution in [3.05, 3.63) is 18.2 Å². The van der Waals surface area contributed by atoms with Crippen molar-refractivity contribution in [3.63, 3.8) is 0 Å². The zero-order chi connectivity index (χ0) is 13.8. The lowest BCUT2D eigenvalue weighted by atomic mass is 9.93. The van der Waals surface area contributed by atoms with Gasteiger partial charge < -0.3 is 14.8 Å². The molecule has 0 aliphatic carbocycles. The molecule has 2 aliphatic heterocycles. The number of nitrogens with zero attached hydrogens (tertiary/aromatic N) is 3. The van der Waals surface area contributed by atoms with E-state index in [1.165, 1.54) is 57.6 Å². The fourth-order valence-electron chi connectivity index (χ4n) is 3.70. The predicted octanol–water partition coefficient (Wildman–Crippen LogP) is 2.08. The molecule has 0 atom stereocenters. The summed E-state index contributed by atoms with van der Waals surface area (Å²) in [6.45, 7) is 9.52. The summed E-state index contributed by atoms with van der Waals surface area (Å²) in [6.07, 6.45) is 9.38. The average molecular weight is 276 g/mol. The molecule has 0 spiro atoms. The minimum absolute atomic E-state index is 0.717. The predicted molar refractivity (Wildman–Crippen MR) is 81.9 cm³/mol. The van der Waals surface area contributed by atoms with Gasteiger partial charge in [-0.25, -0.2) is 4.98 Å². The Bertz CT molecular complexity index is 400. The highest BCUT2D eigenvalue weighted by Crippen LogP contribution is 2.27. The number of piperidine rings is 2. The van der Waals surface area contributed by atoms with Crippen LogP contribution in [0, 0.1) is 5.92 Å². The second-order valence-electron chi connectivity index (χ2n) is 6.37. The van der Waals surface area contributed by atoms with Gasteiger partial charge in [0.2, 0.25) is 0 Å². The third-order valence-corrected chi connectivity index (χ3v) is 5.11. The molecular weight excluding hydrogens is 248 g/mol. The summed E-state index contributed by atoms with van der Waals surface area (Å²) >= 11 is 0. The number of hydrogen-bond acceptors (Lipinski definition) is 3.